The van der Waals surface area contributed by atoms with E-state index in [1.165, 1.54) is 0 Å². The van der Waals surface area contributed by atoms with Gasteiger partial charge in [-0.05, 0) is 52.2 Å². The SMILES string of the molecule is O=C1Oc2ccc3ccccc3c2C2=C[C@H](c3ccc4c(c3)OCO4)[C@@H]3C(=O)N(c4ccccc4Cl)C(=O)[C@H]3[C@H]12. The number of hydrogen-bond donors (Lipinski definition) is 0. The van der Waals surface area contributed by atoms with E-state index in [2.05, 4.69) is 0 Å². The van der Waals surface area contributed by atoms with Crippen LogP contribution in [0.25, 0.3) is 16.3 Å². The molecule has 4 aromatic carbocycles. The van der Waals surface area contributed by atoms with Gasteiger partial charge in [-0.1, -0.05) is 66.2 Å². The lowest BCUT2D eigenvalue weighted by molar-refractivity contribution is -0.142. The predicted octanol–water partition coefficient (Wildman–Crippen LogP) is 5.74. The summed E-state index contributed by atoms with van der Waals surface area (Å²) < 4.78 is 17.0. The van der Waals surface area contributed by atoms with Crippen LogP contribution in [0.5, 0.6) is 17.2 Å². The average Bonchev–Trinajstić information content (AvgIpc) is 3.54. The lowest BCUT2D eigenvalue weighted by Crippen LogP contribution is -2.42. The number of carbonyl (C=O) groups excluding carboxylic acids is 3. The topological polar surface area (TPSA) is 82.1 Å². The largest absolute Gasteiger partial charge is 0.454 e. The van der Waals surface area contributed by atoms with Crippen LogP contribution < -0.4 is 19.1 Å². The van der Waals surface area contributed by atoms with Crippen LogP contribution in [0.15, 0.2) is 84.9 Å². The average molecular weight is 550 g/mol. The van der Waals surface area contributed by atoms with Gasteiger partial charge in [0, 0.05) is 11.5 Å². The second kappa shape index (κ2) is 8.44. The maximum absolute atomic E-state index is 14.2. The van der Waals surface area contributed by atoms with Gasteiger partial charge in [-0.3, -0.25) is 14.4 Å². The molecule has 0 unspecified atom stereocenters. The van der Waals surface area contributed by atoms with Gasteiger partial charge >= 0.3 is 5.97 Å². The Morgan fingerprint density at radius 3 is 2.40 bits per heavy atom. The van der Waals surface area contributed by atoms with Crippen LogP contribution in [-0.4, -0.2) is 24.6 Å². The smallest absolute Gasteiger partial charge is 0.319 e. The molecule has 1 fully saturated rings. The lowest BCUT2D eigenvalue weighted by atomic mass is 9.64. The summed E-state index contributed by atoms with van der Waals surface area (Å²) in [5.74, 6) is -3.08. The summed E-state index contributed by atoms with van der Waals surface area (Å²) in [5.41, 5.74) is 2.54. The minimum absolute atomic E-state index is 0.113. The summed E-state index contributed by atoms with van der Waals surface area (Å²) >= 11 is 6.47. The van der Waals surface area contributed by atoms with E-state index >= 15 is 0 Å². The first-order valence-electron chi connectivity index (χ1n) is 13.0. The number of amides is 2. The zero-order valence-corrected chi connectivity index (χ0v) is 21.6. The van der Waals surface area contributed by atoms with Crippen molar-refractivity contribution in [2.24, 2.45) is 17.8 Å². The number of imide groups is 1. The molecule has 4 atom stereocenters. The summed E-state index contributed by atoms with van der Waals surface area (Å²) in [7, 11) is 0. The highest BCUT2D eigenvalue weighted by molar-refractivity contribution is 6.36. The molecule has 8 rings (SSSR count). The number of benzene rings is 4. The third-order valence-electron chi connectivity index (χ3n) is 8.36. The summed E-state index contributed by atoms with van der Waals surface area (Å²) in [6, 6.07) is 23.8. The fourth-order valence-corrected chi connectivity index (χ4v) is 6.87. The molecule has 3 aliphatic heterocycles. The fourth-order valence-electron chi connectivity index (χ4n) is 6.65. The number of anilines is 1. The highest BCUT2D eigenvalue weighted by atomic mass is 35.5. The molecule has 8 heteroatoms. The van der Waals surface area contributed by atoms with Crippen molar-refractivity contribution in [2.75, 3.05) is 11.7 Å². The highest BCUT2D eigenvalue weighted by Crippen LogP contribution is 2.56. The molecule has 0 bridgehead atoms. The zero-order chi connectivity index (χ0) is 27.1. The van der Waals surface area contributed by atoms with Crippen LogP contribution in [0.4, 0.5) is 5.69 Å². The number of halogens is 1. The predicted molar refractivity (Wildman–Crippen MR) is 147 cm³/mol. The molecule has 4 aliphatic rings. The third-order valence-corrected chi connectivity index (χ3v) is 8.68. The number of allylic oxidation sites excluding steroid dienone is 1. The van der Waals surface area contributed by atoms with Gasteiger partial charge in [0.05, 0.1) is 28.5 Å². The van der Waals surface area contributed by atoms with Gasteiger partial charge in [-0.25, -0.2) is 4.90 Å². The molecule has 196 valence electrons. The van der Waals surface area contributed by atoms with Crippen molar-refractivity contribution in [3.63, 3.8) is 0 Å². The summed E-state index contributed by atoms with van der Waals surface area (Å²) in [6.45, 7) is 0.113. The number of nitrogens with zero attached hydrogens (tertiary/aromatic N) is 1. The Bertz CT molecular complexity index is 1830. The molecule has 2 amide bonds. The van der Waals surface area contributed by atoms with Crippen molar-refractivity contribution in [3.8, 4) is 17.2 Å². The van der Waals surface area contributed by atoms with E-state index in [4.69, 9.17) is 25.8 Å². The standard InChI is InChI=1S/C32H20ClNO6/c33-21-7-3-4-8-22(21)34-30(35)27-19(17-10-11-23-25(13-17)39-15-38-23)14-20-26-18-6-2-1-5-16(18)9-12-24(26)40-32(37)28(20)29(27)31(34)36/h1-14,19,27-29H,15H2/t19-,27+,28-,29-/m1/s1. The Morgan fingerprint density at radius 2 is 1.52 bits per heavy atom. The van der Waals surface area contributed by atoms with Gasteiger partial charge in [0.1, 0.15) is 5.75 Å². The van der Waals surface area contributed by atoms with Gasteiger partial charge in [0.15, 0.2) is 11.5 Å². The first-order valence-corrected chi connectivity index (χ1v) is 13.4. The summed E-state index contributed by atoms with van der Waals surface area (Å²) in [4.78, 5) is 43.1. The molecule has 0 saturated carbocycles. The maximum Gasteiger partial charge on any atom is 0.319 e. The molecule has 40 heavy (non-hydrogen) atoms. The molecular formula is C32H20ClNO6. The molecule has 0 aromatic heterocycles. The van der Waals surface area contributed by atoms with Crippen LogP contribution in [0.3, 0.4) is 0 Å². The quantitative estimate of drug-likeness (QED) is 0.180. The van der Waals surface area contributed by atoms with Crippen LogP contribution in [0.2, 0.25) is 5.02 Å². The summed E-state index contributed by atoms with van der Waals surface area (Å²) in [6.07, 6.45) is 1.97. The first kappa shape index (κ1) is 23.3. The number of para-hydroxylation sites is 1. The molecule has 7 nitrogen and oxygen atoms in total. The third kappa shape index (κ3) is 3.15. The number of carbonyl (C=O) groups is 3. The van der Waals surface area contributed by atoms with Crippen molar-refractivity contribution < 1.29 is 28.6 Å². The van der Waals surface area contributed by atoms with Gasteiger partial charge in [-0.15, -0.1) is 0 Å². The van der Waals surface area contributed by atoms with Crippen molar-refractivity contribution >= 4 is 51.4 Å². The molecule has 0 spiro atoms. The Hall–Kier alpha value is -4.62. The first-order chi connectivity index (χ1) is 19.5. The number of hydrogen-bond acceptors (Lipinski definition) is 6. The lowest BCUT2D eigenvalue weighted by Gasteiger charge is -2.38. The van der Waals surface area contributed by atoms with Crippen LogP contribution in [-0.2, 0) is 14.4 Å². The van der Waals surface area contributed by atoms with Crippen molar-refractivity contribution in [1.82, 2.24) is 0 Å². The molecule has 1 aliphatic carbocycles. The van der Waals surface area contributed by atoms with E-state index in [9.17, 15) is 14.4 Å². The van der Waals surface area contributed by atoms with Crippen molar-refractivity contribution in [3.05, 3.63) is 101 Å². The van der Waals surface area contributed by atoms with E-state index in [1.54, 1.807) is 30.3 Å². The molecule has 1 saturated heterocycles. The van der Waals surface area contributed by atoms with Crippen molar-refractivity contribution in [1.29, 1.82) is 0 Å². The van der Waals surface area contributed by atoms with Gasteiger partial charge in [0.2, 0.25) is 18.6 Å². The minimum Gasteiger partial charge on any atom is -0.454 e. The van der Waals surface area contributed by atoms with Gasteiger partial charge in [0.25, 0.3) is 0 Å². The molecule has 4 aromatic rings. The number of rotatable bonds is 2. The Balaban J connectivity index is 1.38. The monoisotopic (exact) mass is 549 g/mol. The van der Waals surface area contributed by atoms with Crippen LogP contribution in [0, 0.1) is 17.8 Å². The highest BCUT2D eigenvalue weighted by Gasteiger charge is 2.60. The van der Waals surface area contributed by atoms with Crippen LogP contribution in [0.1, 0.15) is 17.0 Å². The number of fused-ring (bicyclic) bond motifs is 8. The second-order valence-electron chi connectivity index (χ2n) is 10.3. The Morgan fingerprint density at radius 1 is 0.775 bits per heavy atom. The van der Waals surface area contributed by atoms with E-state index in [0.717, 1.165) is 26.8 Å². The zero-order valence-electron chi connectivity index (χ0n) is 20.9. The molecular weight excluding hydrogens is 530 g/mol. The fraction of sp³-hybridized carbons (Fsp3) is 0.156. The Kier molecular flexibility index (Phi) is 4.91. The number of ether oxygens (including phenoxy) is 3. The Labute approximate surface area is 233 Å². The molecule has 0 radical (unpaired) electrons. The van der Waals surface area contributed by atoms with E-state index in [0.29, 0.717) is 28.5 Å². The van der Waals surface area contributed by atoms with E-state index < -0.39 is 41.5 Å². The van der Waals surface area contributed by atoms with Gasteiger partial charge in [-0.2, -0.15) is 0 Å². The normalized spacial score (nSPS) is 24.4. The van der Waals surface area contributed by atoms with Crippen LogP contribution >= 0.6 is 11.6 Å². The van der Waals surface area contributed by atoms with Crippen molar-refractivity contribution in [2.45, 2.75) is 5.92 Å². The molecule has 0 N–H and O–H groups in total. The number of esters is 1. The minimum atomic E-state index is -0.973. The molecule has 3 heterocycles. The van der Waals surface area contributed by atoms with Gasteiger partial charge < -0.3 is 14.2 Å². The summed E-state index contributed by atoms with van der Waals surface area (Å²) in [5, 5.41) is 2.16. The van der Waals surface area contributed by atoms with E-state index in [-0.39, 0.29) is 11.8 Å². The second-order valence-corrected chi connectivity index (χ2v) is 10.7. The van der Waals surface area contributed by atoms with E-state index in [1.807, 2.05) is 54.6 Å². The maximum atomic E-state index is 14.2.